The van der Waals surface area contributed by atoms with Gasteiger partial charge in [-0.2, -0.15) is 0 Å². The van der Waals surface area contributed by atoms with Gasteiger partial charge in [0.1, 0.15) is 0 Å². The van der Waals surface area contributed by atoms with Crippen LogP contribution >= 0.6 is 11.6 Å². The molecule has 7 nitrogen and oxygen atoms in total. The number of halogens is 1. The predicted octanol–water partition coefficient (Wildman–Crippen LogP) is 2.64. The molecule has 2 amide bonds. The third-order valence-corrected chi connectivity index (χ3v) is 5.50. The van der Waals surface area contributed by atoms with Crippen LogP contribution in [0.4, 0.5) is 5.69 Å². The summed E-state index contributed by atoms with van der Waals surface area (Å²) in [5, 5.41) is 12.3. The van der Waals surface area contributed by atoms with Gasteiger partial charge in [0.15, 0.2) is 0 Å². The van der Waals surface area contributed by atoms with Gasteiger partial charge in [-0.1, -0.05) is 24.4 Å². The number of rotatable bonds is 4. The van der Waals surface area contributed by atoms with E-state index in [2.05, 4.69) is 5.32 Å². The first-order valence-electron chi connectivity index (χ1n) is 9.17. The molecule has 0 aromatic heterocycles. The molecule has 1 saturated carbocycles. The van der Waals surface area contributed by atoms with E-state index >= 15 is 0 Å². The minimum absolute atomic E-state index is 0.167. The molecule has 27 heavy (non-hydrogen) atoms. The lowest BCUT2D eigenvalue weighted by molar-refractivity contribution is -0.147. The highest BCUT2D eigenvalue weighted by Gasteiger charge is 2.35. The Bertz CT molecular complexity index is 733. The van der Waals surface area contributed by atoms with Gasteiger partial charge in [0.25, 0.3) is 5.91 Å². The molecule has 1 aliphatic heterocycles. The molecule has 1 aromatic rings. The van der Waals surface area contributed by atoms with Crippen molar-refractivity contribution in [1.82, 2.24) is 4.90 Å². The molecule has 0 bridgehead atoms. The minimum Gasteiger partial charge on any atom is -0.481 e. The van der Waals surface area contributed by atoms with Crippen molar-refractivity contribution < 1.29 is 24.2 Å². The Morgan fingerprint density at radius 1 is 1.11 bits per heavy atom. The van der Waals surface area contributed by atoms with E-state index in [1.54, 1.807) is 17.0 Å². The van der Waals surface area contributed by atoms with Crippen molar-refractivity contribution in [3.05, 3.63) is 28.8 Å². The summed E-state index contributed by atoms with van der Waals surface area (Å²) in [6.07, 6.45) is 2.74. The lowest BCUT2D eigenvalue weighted by atomic mass is 9.78. The molecule has 1 aromatic carbocycles. The van der Waals surface area contributed by atoms with Gasteiger partial charge in [0, 0.05) is 18.8 Å². The normalized spacial score (nSPS) is 22.9. The molecule has 146 valence electrons. The summed E-state index contributed by atoms with van der Waals surface area (Å²) >= 11 is 6.27. The third kappa shape index (κ3) is 4.59. The highest BCUT2D eigenvalue weighted by atomic mass is 35.5. The van der Waals surface area contributed by atoms with E-state index in [-0.39, 0.29) is 16.8 Å². The minimum atomic E-state index is -0.931. The molecule has 2 aliphatic rings. The molecule has 1 heterocycles. The van der Waals surface area contributed by atoms with Gasteiger partial charge in [-0.05, 0) is 31.0 Å². The van der Waals surface area contributed by atoms with Crippen LogP contribution in [0.25, 0.3) is 0 Å². The Morgan fingerprint density at radius 3 is 2.41 bits per heavy atom. The van der Waals surface area contributed by atoms with Gasteiger partial charge >= 0.3 is 5.97 Å². The summed E-state index contributed by atoms with van der Waals surface area (Å²) in [5.74, 6) is -2.62. The monoisotopic (exact) mass is 394 g/mol. The Morgan fingerprint density at radius 2 is 1.78 bits per heavy atom. The van der Waals surface area contributed by atoms with Gasteiger partial charge in [-0.3, -0.25) is 14.4 Å². The first kappa shape index (κ1) is 19.6. The van der Waals surface area contributed by atoms with E-state index in [1.807, 2.05) is 0 Å². The van der Waals surface area contributed by atoms with Crippen molar-refractivity contribution in [3.8, 4) is 0 Å². The predicted molar refractivity (Wildman–Crippen MR) is 99.9 cm³/mol. The molecule has 8 heteroatoms. The number of carbonyl (C=O) groups excluding carboxylic acids is 2. The number of anilines is 1. The summed E-state index contributed by atoms with van der Waals surface area (Å²) in [4.78, 5) is 38.2. The molecule has 0 spiro atoms. The Balaban J connectivity index is 1.69. The fraction of sp³-hybridized carbons (Fsp3) is 0.526. The quantitative estimate of drug-likeness (QED) is 0.818. The van der Waals surface area contributed by atoms with E-state index in [0.717, 1.165) is 12.8 Å². The lowest BCUT2D eigenvalue weighted by Gasteiger charge is -2.28. The maximum atomic E-state index is 12.6. The van der Waals surface area contributed by atoms with Crippen molar-refractivity contribution in [2.45, 2.75) is 25.7 Å². The maximum Gasteiger partial charge on any atom is 0.307 e. The smallest absolute Gasteiger partial charge is 0.307 e. The van der Waals surface area contributed by atoms with Crippen molar-refractivity contribution in [2.24, 2.45) is 11.8 Å². The second-order valence-corrected chi connectivity index (χ2v) is 7.33. The molecule has 0 unspecified atom stereocenters. The van der Waals surface area contributed by atoms with Crippen LogP contribution in [0.3, 0.4) is 0 Å². The molecule has 2 atom stereocenters. The number of hydrogen-bond acceptors (Lipinski definition) is 4. The molecular weight excluding hydrogens is 372 g/mol. The highest BCUT2D eigenvalue weighted by molar-refractivity contribution is 6.34. The van der Waals surface area contributed by atoms with Crippen molar-refractivity contribution in [1.29, 1.82) is 0 Å². The molecular formula is C19H23ClN2O5. The van der Waals surface area contributed by atoms with E-state index in [4.69, 9.17) is 16.3 Å². The first-order valence-corrected chi connectivity index (χ1v) is 9.55. The number of hydrogen-bond donors (Lipinski definition) is 2. The van der Waals surface area contributed by atoms with Gasteiger partial charge < -0.3 is 20.1 Å². The van der Waals surface area contributed by atoms with Gasteiger partial charge in [0.2, 0.25) is 5.91 Å². The van der Waals surface area contributed by atoms with E-state index < -0.39 is 17.8 Å². The number of nitrogens with zero attached hydrogens (tertiary/aromatic N) is 1. The number of amides is 2. The summed E-state index contributed by atoms with van der Waals surface area (Å²) in [7, 11) is 0. The fourth-order valence-electron chi connectivity index (χ4n) is 3.68. The summed E-state index contributed by atoms with van der Waals surface area (Å²) < 4.78 is 5.25. The van der Waals surface area contributed by atoms with Crippen LogP contribution in [0.1, 0.15) is 36.0 Å². The number of ether oxygens (including phenoxy) is 1. The number of nitrogens with one attached hydrogen (secondary N) is 1. The SMILES string of the molecule is O=C(O)[C@@H]1CCCC[C@H]1C(=O)Nc1ccc(C(=O)N2CCOCC2)c(Cl)c1. The van der Waals surface area contributed by atoms with Gasteiger partial charge in [0.05, 0.1) is 35.6 Å². The average Bonchev–Trinajstić information content (AvgIpc) is 2.68. The number of aliphatic carboxylic acids is 1. The van der Waals surface area contributed by atoms with Crippen LogP contribution < -0.4 is 5.32 Å². The number of morpholine rings is 1. The number of carboxylic acids is 1. The zero-order valence-electron chi connectivity index (χ0n) is 14.9. The van der Waals surface area contributed by atoms with Crippen molar-refractivity contribution in [3.63, 3.8) is 0 Å². The second kappa shape index (κ2) is 8.71. The number of carboxylic acid groups (broad SMARTS) is 1. The zero-order chi connectivity index (χ0) is 19.4. The van der Waals surface area contributed by atoms with Crippen LogP contribution in [-0.4, -0.2) is 54.1 Å². The fourth-order valence-corrected chi connectivity index (χ4v) is 3.94. The zero-order valence-corrected chi connectivity index (χ0v) is 15.7. The van der Waals surface area contributed by atoms with Crippen molar-refractivity contribution in [2.75, 3.05) is 31.6 Å². The third-order valence-electron chi connectivity index (χ3n) is 5.19. The van der Waals surface area contributed by atoms with Crippen LogP contribution in [-0.2, 0) is 14.3 Å². The Labute approximate surface area is 162 Å². The number of benzene rings is 1. The van der Waals surface area contributed by atoms with E-state index in [9.17, 15) is 19.5 Å². The Hall–Kier alpha value is -2.12. The molecule has 2 fully saturated rings. The van der Waals surface area contributed by atoms with Gasteiger partial charge in [-0.25, -0.2) is 0 Å². The molecule has 3 rings (SSSR count). The topological polar surface area (TPSA) is 95.9 Å². The van der Waals surface area contributed by atoms with Crippen LogP contribution in [0, 0.1) is 11.8 Å². The maximum absolute atomic E-state index is 12.6. The summed E-state index contributed by atoms with van der Waals surface area (Å²) in [5.41, 5.74) is 0.830. The molecule has 2 N–H and O–H groups in total. The Kier molecular flexibility index (Phi) is 6.34. The van der Waals surface area contributed by atoms with Crippen LogP contribution in [0.5, 0.6) is 0 Å². The first-order chi connectivity index (χ1) is 13.0. The average molecular weight is 395 g/mol. The number of carbonyl (C=O) groups is 3. The largest absolute Gasteiger partial charge is 0.481 e. The van der Waals surface area contributed by atoms with Crippen LogP contribution in [0.15, 0.2) is 18.2 Å². The molecule has 1 aliphatic carbocycles. The second-order valence-electron chi connectivity index (χ2n) is 6.92. The van der Waals surface area contributed by atoms with Gasteiger partial charge in [-0.15, -0.1) is 0 Å². The standard InChI is InChI=1S/C19H23ClN2O5/c20-16-11-12(5-6-15(16)18(24)22-7-9-27-10-8-22)21-17(23)13-3-1-2-4-14(13)19(25)26/h5-6,11,13-14H,1-4,7-10H2,(H,21,23)(H,25,26)/t13-,14-/m1/s1. The van der Waals surface area contributed by atoms with Crippen LogP contribution in [0.2, 0.25) is 5.02 Å². The molecule has 0 radical (unpaired) electrons. The van der Waals surface area contributed by atoms with E-state index in [1.165, 1.54) is 6.07 Å². The summed E-state index contributed by atoms with van der Waals surface area (Å²) in [6.45, 7) is 2.05. The van der Waals surface area contributed by atoms with E-state index in [0.29, 0.717) is 50.4 Å². The lowest BCUT2D eigenvalue weighted by Crippen LogP contribution is -2.40. The highest BCUT2D eigenvalue weighted by Crippen LogP contribution is 2.32. The molecule has 1 saturated heterocycles. The van der Waals surface area contributed by atoms with Crippen molar-refractivity contribution >= 4 is 35.1 Å². The summed E-state index contributed by atoms with van der Waals surface area (Å²) in [6, 6.07) is 4.74.